The van der Waals surface area contributed by atoms with Crippen LogP contribution in [0, 0.1) is 0 Å². The summed E-state index contributed by atoms with van der Waals surface area (Å²) in [5, 5.41) is 8.08. The number of nitrogens with one attached hydrogen (secondary N) is 1. The van der Waals surface area contributed by atoms with Crippen molar-refractivity contribution in [2.75, 3.05) is 23.3 Å². The van der Waals surface area contributed by atoms with Crippen molar-refractivity contribution in [1.29, 1.82) is 0 Å². The summed E-state index contributed by atoms with van der Waals surface area (Å²) in [7, 11) is 1.89. The molecule has 4 aromatic heterocycles. The summed E-state index contributed by atoms with van der Waals surface area (Å²) in [6.07, 6.45) is 8.93. The second kappa shape index (κ2) is 8.59. The first-order valence-corrected chi connectivity index (χ1v) is 10.9. The van der Waals surface area contributed by atoms with Gasteiger partial charge in [-0.3, -0.25) is 14.5 Å². The molecule has 1 N–H and O–H groups in total. The first kappa shape index (κ1) is 21.0. The van der Waals surface area contributed by atoms with E-state index >= 15 is 0 Å². The maximum absolute atomic E-state index is 12.5. The van der Waals surface area contributed by atoms with Crippen LogP contribution in [-0.2, 0) is 11.8 Å². The molecule has 5 rings (SSSR count). The van der Waals surface area contributed by atoms with Crippen LogP contribution in [0.4, 0.5) is 11.5 Å². The van der Waals surface area contributed by atoms with Gasteiger partial charge in [0.1, 0.15) is 5.82 Å². The van der Waals surface area contributed by atoms with Crippen LogP contribution in [0.2, 0.25) is 0 Å². The fourth-order valence-electron chi connectivity index (χ4n) is 4.19. The maximum Gasteiger partial charge on any atom is 0.256 e. The maximum atomic E-state index is 12.5. The fraction of sp³-hybridized carbons (Fsp3) is 0.292. The lowest BCUT2D eigenvalue weighted by Crippen LogP contribution is -2.45. The van der Waals surface area contributed by atoms with E-state index in [1.54, 1.807) is 41.5 Å². The number of hydrogen-bond donors (Lipinski definition) is 1. The number of aromatic nitrogens is 5. The van der Waals surface area contributed by atoms with Gasteiger partial charge in [-0.15, -0.1) is 0 Å². The Bertz CT molecular complexity index is 1290. The number of carbonyl (C=O) groups excluding carboxylic acids is 1. The molecule has 0 saturated carbocycles. The molecule has 0 aromatic carbocycles. The molecule has 9 nitrogen and oxygen atoms in total. The second-order valence-electron chi connectivity index (χ2n) is 8.37. The van der Waals surface area contributed by atoms with E-state index in [0.717, 1.165) is 40.9 Å². The van der Waals surface area contributed by atoms with Gasteiger partial charge in [-0.05, 0) is 32.0 Å². The largest absolute Gasteiger partial charge is 0.372 e. The van der Waals surface area contributed by atoms with E-state index < -0.39 is 0 Å². The zero-order valence-corrected chi connectivity index (χ0v) is 18.8. The molecule has 33 heavy (non-hydrogen) atoms. The Kier molecular flexibility index (Phi) is 5.47. The van der Waals surface area contributed by atoms with E-state index in [1.807, 2.05) is 19.4 Å². The number of nitrogens with zero attached hydrogens (tertiary/aromatic N) is 6. The highest BCUT2D eigenvalue weighted by atomic mass is 16.5. The fourth-order valence-corrected chi connectivity index (χ4v) is 4.19. The number of morpholine rings is 1. The van der Waals surface area contributed by atoms with Gasteiger partial charge in [0.25, 0.3) is 5.91 Å². The Morgan fingerprint density at radius 3 is 2.58 bits per heavy atom. The van der Waals surface area contributed by atoms with Crippen LogP contribution >= 0.6 is 0 Å². The van der Waals surface area contributed by atoms with Gasteiger partial charge in [-0.2, -0.15) is 5.10 Å². The van der Waals surface area contributed by atoms with Crippen LogP contribution in [0.1, 0.15) is 24.2 Å². The van der Waals surface area contributed by atoms with Gasteiger partial charge >= 0.3 is 0 Å². The number of ether oxygens (including phenoxy) is 1. The van der Waals surface area contributed by atoms with Crippen molar-refractivity contribution >= 4 is 28.3 Å². The van der Waals surface area contributed by atoms with E-state index in [2.05, 4.69) is 45.2 Å². The van der Waals surface area contributed by atoms with Crippen molar-refractivity contribution in [3.8, 4) is 11.3 Å². The van der Waals surface area contributed by atoms with Crippen LogP contribution in [-0.4, -0.2) is 55.9 Å². The molecular formula is C24H25N7O2. The summed E-state index contributed by atoms with van der Waals surface area (Å²) in [5.74, 6) is 0.194. The van der Waals surface area contributed by atoms with E-state index in [4.69, 9.17) is 9.72 Å². The van der Waals surface area contributed by atoms with Crippen molar-refractivity contribution in [3.63, 3.8) is 0 Å². The Morgan fingerprint density at radius 1 is 1.12 bits per heavy atom. The molecule has 5 heterocycles. The van der Waals surface area contributed by atoms with Crippen molar-refractivity contribution in [2.24, 2.45) is 7.05 Å². The first-order valence-electron chi connectivity index (χ1n) is 10.9. The summed E-state index contributed by atoms with van der Waals surface area (Å²) < 4.78 is 7.70. The van der Waals surface area contributed by atoms with Gasteiger partial charge in [0.15, 0.2) is 0 Å². The molecule has 1 fully saturated rings. The zero-order chi connectivity index (χ0) is 22.9. The first-order chi connectivity index (χ1) is 16.0. The van der Waals surface area contributed by atoms with Gasteiger partial charge in [-0.1, -0.05) is 0 Å². The summed E-state index contributed by atoms with van der Waals surface area (Å²) in [6, 6.07) is 7.22. The van der Waals surface area contributed by atoms with Crippen molar-refractivity contribution in [1.82, 2.24) is 24.7 Å². The quantitative estimate of drug-likeness (QED) is 0.517. The molecule has 1 saturated heterocycles. The lowest BCUT2D eigenvalue weighted by Gasteiger charge is -2.37. The SMILES string of the molecule is C[C@@H]1CN(c2cc3cnc(NC(=O)c4ccncc4)cc3nc2-c2cnn(C)c2)C[C@H](C)O1. The standard InChI is InChI=1S/C24H25N7O2/c1-15-12-31(13-16(2)33-15)21-8-18-10-26-22(29-24(32)17-4-6-25-7-5-17)9-20(18)28-23(21)19-11-27-30(3)14-19/h4-11,14-16H,12-13H2,1-3H3,(H,26,29,32)/t15-,16+. The number of anilines is 2. The summed E-state index contributed by atoms with van der Waals surface area (Å²) >= 11 is 0. The van der Waals surface area contributed by atoms with Crippen molar-refractivity contribution in [2.45, 2.75) is 26.1 Å². The van der Waals surface area contributed by atoms with Gasteiger partial charge in [0, 0.05) is 67.5 Å². The van der Waals surface area contributed by atoms with Crippen LogP contribution in [0.15, 0.2) is 55.2 Å². The Morgan fingerprint density at radius 2 is 1.88 bits per heavy atom. The van der Waals surface area contributed by atoms with Crippen molar-refractivity contribution in [3.05, 3.63) is 60.8 Å². The molecule has 9 heteroatoms. The number of fused-ring (bicyclic) bond motifs is 1. The second-order valence-corrected chi connectivity index (χ2v) is 8.37. The van der Waals surface area contributed by atoms with Gasteiger partial charge in [0.05, 0.1) is 35.3 Å². The number of aryl methyl sites for hydroxylation is 1. The van der Waals surface area contributed by atoms with Crippen LogP contribution in [0.3, 0.4) is 0 Å². The molecule has 1 amide bonds. The van der Waals surface area contributed by atoms with Crippen LogP contribution in [0.25, 0.3) is 22.2 Å². The summed E-state index contributed by atoms with van der Waals surface area (Å²) in [6.45, 7) is 5.72. The average Bonchev–Trinajstić information content (AvgIpc) is 3.24. The number of hydrogen-bond acceptors (Lipinski definition) is 7. The monoisotopic (exact) mass is 443 g/mol. The smallest absolute Gasteiger partial charge is 0.256 e. The number of amides is 1. The lowest BCUT2D eigenvalue weighted by molar-refractivity contribution is -0.00519. The molecule has 0 spiro atoms. The van der Waals surface area contributed by atoms with E-state index in [0.29, 0.717) is 11.4 Å². The number of carbonyl (C=O) groups is 1. The minimum absolute atomic E-state index is 0.120. The third kappa shape index (κ3) is 4.40. The highest BCUT2D eigenvalue weighted by Crippen LogP contribution is 2.34. The van der Waals surface area contributed by atoms with Gasteiger partial charge < -0.3 is 15.0 Å². The lowest BCUT2D eigenvalue weighted by atomic mass is 10.1. The average molecular weight is 444 g/mol. The highest BCUT2D eigenvalue weighted by Gasteiger charge is 2.26. The molecule has 2 atom stereocenters. The number of rotatable bonds is 4. The highest BCUT2D eigenvalue weighted by molar-refractivity contribution is 6.04. The van der Waals surface area contributed by atoms with Gasteiger partial charge in [0.2, 0.25) is 0 Å². The molecule has 0 unspecified atom stereocenters. The molecular weight excluding hydrogens is 418 g/mol. The minimum Gasteiger partial charge on any atom is -0.372 e. The van der Waals surface area contributed by atoms with E-state index in [1.165, 1.54) is 0 Å². The van der Waals surface area contributed by atoms with Gasteiger partial charge in [-0.25, -0.2) is 9.97 Å². The molecule has 1 aliphatic heterocycles. The van der Waals surface area contributed by atoms with Crippen molar-refractivity contribution < 1.29 is 9.53 Å². The topological polar surface area (TPSA) is 98.1 Å². The molecule has 0 radical (unpaired) electrons. The Hall–Kier alpha value is -3.85. The summed E-state index contributed by atoms with van der Waals surface area (Å²) in [5.41, 5.74) is 4.05. The van der Waals surface area contributed by atoms with Crippen LogP contribution < -0.4 is 10.2 Å². The summed E-state index contributed by atoms with van der Waals surface area (Å²) in [4.78, 5) is 28.2. The molecule has 0 bridgehead atoms. The Labute approximate surface area is 191 Å². The van der Waals surface area contributed by atoms with E-state index in [9.17, 15) is 4.79 Å². The molecule has 4 aromatic rings. The number of pyridine rings is 3. The third-order valence-corrected chi connectivity index (χ3v) is 5.60. The van der Waals surface area contributed by atoms with Crippen LogP contribution in [0.5, 0.6) is 0 Å². The molecule has 168 valence electrons. The van der Waals surface area contributed by atoms with E-state index in [-0.39, 0.29) is 18.1 Å². The predicted molar refractivity (Wildman–Crippen MR) is 126 cm³/mol. The molecule has 1 aliphatic rings. The zero-order valence-electron chi connectivity index (χ0n) is 18.8. The normalized spacial score (nSPS) is 18.5. The molecule has 0 aliphatic carbocycles. The Balaban J connectivity index is 1.55. The minimum atomic E-state index is -0.246. The predicted octanol–water partition coefficient (Wildman–Crippen LogP) is 3.29. The third-order valence-electron chi connectivity index (χ3n) is 5.60.